The Morgan fingerprint density at radius 1 is 1.24 bits per heavy atom. The lowest BCUT2D eigenvalue weighted by atomic mass is 9.72. The maximum absolute atomic E-state index is 12.6. The molecule has 1 aliphatic carbocycles. The number of carbonyl (C=O) groups is 2. The molecule has 0 spiro atoms. The summed E-state index contributed by atoms with van der Waals surface area (Å²) >= 11 is 6.27. The van der Waals surface area contributed by atoms with Gasteiger partial charge in [-0.05, 0) is 55.2 Å². The third-order valence-electron chi connectivity index (χ3n) is 5.24. The third kappa shape index (κ3) is 4.46. The second-order valence-corrected chi connectivity index (χ2v) is 7.53. The van der Waals surface area contributed by atoms with E-state index < -0.39 is 22.8 Å². The maximum atomic E-state index is 12.6. The molecule has 1 aromatic carbocycles. The number of hydrogen-bond acceptors (Lipinski definition) is 3. The van der Waals surface area contributed by atoms with E-state index in [0.717, 1.165) is 12.8 Å². The van der Waals surface area contributed by atoms with Crippen molar-refractivity contribution in [1.82, 2.24) is 5.32 Å². The summed E-state index contributed by atoms with van der Waals surface area (Å²) in [6.45, 7) is 4.30. The summed E-state index contributed by atoms with van der Waals surface area (Å²) in [5.74, 6) is 0.223. The zero-order chi connectivity index (χ0) is 18.6. The van der Waals surface area contributed by atoms with E-state index >= 15 is 0 Å². The van der Waals surface area contributed by atoms with Crippen molar-refractivity contribution in [2.24, 2.45) is 11.8 Å². The van der Waals surface area contributed by atoms with Crippen molar-refractivity contribution in [2.75, 3.05) is 7.11 Å². The van der Waals surface area contributed by atoms with Crippen molar-refractivity contribution in [3.63, 3.8) is 0 Å². The first-order chi connectivity index (χ1) is 11.8. The molecule has 5 nitrogen and oxygen atoms in total. The van der Waals surface area contributed by atoms with Crippen LogP contribution in [0.2, 0.25) is 0 Å². The van der Waals surface area contributed by atoms with Gasteiger partial charge in [0.2, 0.25) is 5.91 Å². The Morgan fingerprint density at radius 3 is 2.24 bits per heavy atom. The fourth-order valence-electron chi connectivity index (χ4n) is 3.42. The number of nitrogens with one attached hydrogen (secondary N) is 1. The van der Waals surface area contributed by atoms with Crippen LogP contribution in [0.1, 0.15) is 50.5 Å². The Balaban J connectivity index is 2.08. The average Bonchev–Trinajstić information content (AvgIpc) is 2.61. The van der Waals surface area contributed by atoms with Gasteiger partial charge in [0.05, 0.1) is 7.11 Å². The monoisotopic (exact) mass is 367 g/mol. The molecule has 1 atom stereocenters. The molecule has 0 heterocycles. The lowest BCUT2D eigenvalue weighted by molar-refractivity contribution is -0.149. The SMILES string of the molecule is COc1ccc(C(Cl)C(=O)NC2(C(=O)O)CCC(C(C)C)CC2)cc1. The van der Waals surface area contributed by atoms with Crippen molar-refractivity contribution in [3.8, 4) is 5.75 Å². The summed E-state index contributed by atoms with van der Waals surface area (Å²) in [6, 6.07) is 6.86. The Hall–Kier alpha value is -1.75. The lowest BCUT2D eigenvalue weighted by Crippen LogP contribution is -2.57. The molecule has 1 saturated carbocycles. The molecule has 1 unspecified atom stereocenters. The number of halogens is 1. The molecule has 1 fully saturated rings. The van der Waals surface area contributed by atoms with Gasteiger partial charge in [-0.2, -0.15) is 0 Å². The van der Waals surface area contributed by atoms with Gasteiger partial charge in [0.25, 0.3) is 0 Å². The van der Waals surface area contributed by atoms with E-state index in [1.165, 1.54) is 0 Å². The van der Waals surface area contributed by atoms with Crippen molar-refractivity contribution in [3.05, 3.63) is 29.8 Å². The van der Waals surface area contributed by atoms with Crippen LogP contribution in [-0.2, 0) is 9.59 Å². The van der Waals surface area contributed by atoms with Crippen LogP contribution in [0.15, 0.2) is 24.3 Å². The van der Waals surface area contributed by atoms with Crippen LogP contribution in [-0.4, -0.2) is 29.6 Å². The van der Waals surface area contributed by atoms with Gasteiger partial charge in [-0.25, -0.2) is 4.79 Å². The number of amides is 1. The summed E-state index contributed by atoms with van der Waals surface area (Å²) in [4.78, 5) is 24.4. The van der Waals surface area contributed by atoms with Crippen LogP contribution in [0.4, 0.5) is 0 Å². The number of alkyl halides is 1. The van der Waals surface area contributed by atoms with Crippen LogP contribution in [0.25, 0.3) is 0 Å². The van der Waals surface area contributed by atoms with Gasteiger partial charge < -0.3 is 15.2 Å². The van der Waals surface area contributed by atoms with E-state index in [0.29, 0.717) is 36.0 Å². The second-order valence-electron chi connectivity index (χ2n) is 7.09. The van der Waals surface area contributed by atoms with Crippen molar-refractivity contribution >= 4 is 23.5 Å². The normalized spacial score (nSPS) is 24.6. The molecule has 0 radical (unpaired) electrons. The molecular weight excluding hydrogens is 342 g/mol. The Kier molecular flexibility index (Phi) is 6.33. The number of carboxylic acids is 1. The Morgan fingerprint density at radius 2 is 1.80 bits per heavy atom. The van der Waals surface area contributed by atoms with Crippen LogP contribution in [0.5, 0.6) is 5.75 Å². The first-order valence-electron chi connectivity index (χ1n) is 8.62. The van der Waals surface area contributed by atoms with E-state index in [-0.39, 0.29) is 0 Å². The largest absolute Gasteiger partial charge is 0.497 e. The number of benzene rings is 1. The molecule has 1 aliphatic rings. The van der Waals surface area contributed by atoms with Gasteiger partial charge in [-0.15, -0.1) is 11.6 Å². The maximum Gasteiger partial charge on any atom is 0.329 e. The van der Waals surface area contributed by atoms with Gasteiger partial charge in [-0.1, -0.05) is 26.0 Å². The summed E-state index contributed by atoms with van der Waals surface area (Å²) in [6.07, 6.45) is 2.45. The van der Waals surface area contributed by atoms with E-state index in [9.17, 15) is 14.7 Å². The molecule has 2 N–H and O–H groups in total. The van der Waals surface area contributed by atoms with E-state index in [1.807, 2.05) is 0 Å². The highest BCUT2D eigenvalue weighted by Crippen LogP contribution is 2.37. The van der Waals surface area contributed by atoms with Crippen molar-refractivity contribution in [2.45, 2.75) is 50.4 Å². The molecule has 0 aromatic heterocycles. The molecule has 0 bridgehead atoms. The van der Waals surface area contributed by atoms with E-state index in [1.54, 1.807) is 31.4 Å². The Labute approximate surface area is 153 Å². The average molecular weight is 368 g/mol. The molecule has 1 aromatic rings. The number of aliphatic carboxylic acids is 1. The minimum Gasteiger partial charge on any atom is -0.497 e. The molecule has 6 heteroatoms. The smallest absolute Gasteiger partial charge is 0.329 e. The summed E-state index contributed by atoms with van der Waals surface area (Å²) in [7, 11) is 1.56. The van der Waals surface area contributed by atoms with E-state index in [4.69, 9.17) is 16.3 Å². The number of rotatable bonds is 6. The van der Waals surface area contributed by atoms with Gasteiger partial charge in [0.15, 0.2) is 0 Å². The predicted molar refractivity (Wildman–Crippen MR) is 96.9 cm³/mol. The quantitative estimate of drug-likeness (QED) is 0.750. The molecular formula is C19H26ClNO4. The number of carbonyl (C=O) groups excluding carboxylic acids is 1. The minimum atomic E-state index is -1.22. The second kappa shape index (κ2) is 8.09. The van der Waals surface area contributed by atoms with Gasteiger partial charge >= 0.3 is 5.97 Å². The Bertz CT molecular complexity index is 606. The fourth-order valence-corrected chi connectivity index (χ4v) is 3.62. The van der Waals surface area contributed by atoms with Crippen molar-refractivity contribution in [1.29, 1.82) is 0 Å². The molecule has 1 amide bonds. The zero-order valence-corrected chi connectivity index (χ0v) is 15.7. The zero-order valence-electron chi connectivity index (χ0n) is 14.9. The predicted octanol–water partition coefficient (Wildman–Crippen LogP) is 3.76. The molecule has 0 saturated heterocycles. The number of carboxylic acid groups (broad SMARTS) is 1. The first-order valence-corrected chi connectivity index (χ1v) is 9.06. The van der Waals surface area contributed by atoms with Crippen LogP contribution < -0.4 is 10.1 Å². The van der Waals surface area contributed by atoms with Crippen LogP contribution in [0.3, 0.4) is 0 Å². The van der Waals surface area contributed by atoms with Crippen LogP contribution in [0, 0.1) is 11.8 Å². The highest BCUT2D eigenvalue weighted by atomic mass is 35.5. The third-order valence-corrected chi connectivity index (χ3v) is 5.69. The lowest BCUT2D eigenvalue weighted by Gasteiger charge is -2.39. The topological polar surface area (TPSA) is 75.6 Å². The van der Waals surface area contributed by atoms with Gasteiger partial charge in [0, 0.05) is 0 Å². The summed E-state index contributed by atoms with van der Waals surface area (Å²) < 4.78 is 5.09. The summed E-state index contributed by atoms with van der Waals surface area (Å²) in [5.41, 5.74) is -0.612. The summed E-state index contributed by atoms with van der Waals surface area (Å²) in [5, 5.41) is 11.5. The molecule has 138 valence electrons. The van der Waals surface area contributed by atoms with Gasteiger partial charge in [0.1, 0.15) is 16.7 Å². The number of ether oxygens (including phenoxy) is 1. The molecule has 25 heavy (non-hydrogen) atoms. The highest BCUT2D eigenvalue weighted by molar-refractivity contribution is 6.31. The van der Waals surface area contributed by atoms with Gasteiger partial charge in [-0.3, -0.25) is 4.79 Å². The molecule has 2 rings (SSSR count). The number of hydrogen-bond donors (Lipinski definition) is 2. The van der Waals surface area contributed by atoms with Crippen LogP contribution >= 0.6 is 11.6 Å². The fraction of sp³-hybridized carbons (Fsp3) is 0.579. The highest BCUT2D eigenvalue weighted by Gasteiger charge is 2.44. The van der Waals surface area contributed by atoms with Crippen molar-refractivity contribution < 1.29 is 19.4 Å². The minimum absolute atomic E-state index is 0.434. The standard InChI is InChI=1S/C19H26ClNO4/c1-12(2)13-8-10-19(11-9-13,18(23)24)21-17(22)16(20)14-4-6-15(25-3)7-5-14/h4-7,12-13,16H,8-11H2,1-3H3,(H,21,22)(H,23,24). The first kappa shape index (κ1) is 19.6. The molecule has 0 aliphatic heterocycles. The van der Waals surface area contributed by atoms with E-state index in [2.05, 4.69) is 19.2 Å². The number of methoxy groups -OCH3 is 1.